The third-order valence-electron chi connectivity index (χ3n) is 2.91. The zero-order valence-corrected chi connectivity index (χ0v) is 11.9. The topological polar surface area (TPSA) is 85.1 Å². The van der Waals surface area contributed by atoms with Gasteiger partial charge in [-0.05, 0) is 18.2 Å². The Hall–Kier alpha value is -2.02. The molecule has 1 unspecified atom stereocenters. The number of non-ortho nitro benzene ring substituents is 1. The molecule has 0 amide bonds. The second-order valence-electron chi connectivity index (χ2n) is 4.15. The number of nitro groups is 1. The highest BCUT2D eigenvalue weighted by atomic mass is 32.2. The van der Waals surface area contributed by atoms with Crippen molar-refractivity contribution in [1.29, 1.82) is 0 Å². The summed E-state index contributed by atoms with van der Waals surface area (Å²) in [4.78, 5) is 14.8. The normalized spacial score (nSPS) is 12.2. The lowest BCUT2D eigenvalue weighted by Crippen LogP contribution is -2.12. The summed E-state index contributed by atoms with van der Waals surface area (Å²) in [6.45, 7) is 2.42. The van der Waals surface area contributed by atoms with Gasteiger partial charge in [-0.25, -0.2) is 0 Å². The first-order chi connectivity index (χ1) is 9.63. The minimum absolute atomic E-state index is 0.0378. The number of hydrogen-bond acceptors (Lipinski definition) is 5. The molecule has 1 aromatic carbocycles. The summed E-state index contributed by atoms with van der Waals surface area (Å²) >= 11 is 0. The molecule has 6 nitrogen and oxygen atoms in total. The van der Waals surface area contributed by atoms with Gasteiger partial charge in [0.05, 0.1) is 16.0 Å². The third kappa shape index (κ3) is 3.11. The van der Waals surface area contributed by atoms with Gasteiger partial charge in [0.1, 0.15) is 5.52 Å². The molecule has 0 aliphatic heterocycles. The monoisotopic (exact) mass is 293 g/mol. The lowest BCUT2D eigenvalue weighted by atomic mass is 10.1. The van der Waals surface area contributed by atoms with Crippen molar-refractivity contribution in [3.05, 3.63) is 40.6 Å². The molecule has 7 heteroatoms. The average molecular weight is 293 g/mol. The predicted octanol–water partition coefficient (Wildman–Crippen LogP) is 2.32. The molecule has 20 heavy (non-hydrogen) atoms. The van der Waals surface area contributed by atoms with E-state index in [0.717, 1.165) is 5.69 Å². The molecule has 0 radical (unpaired) electrons. The van der Waals surface area contributed by atoms with E-state index in [1.165, 1.54) is 6.07 Å². The van der Waals surface area contributed by atoms with Gasteiger partial charge >= 0.3 is 0 Å². The lowest BCUT2D eigenvalue weighted by Gasteiger charge is -2.08. The molecule has 2 aromatic rings. The van der Waals surface area contributed by atoms with Crippen LogP contribution in [-0.2, 0) is 10.8 Å². The van der Waals surface area contributed by atoms with E-state index in [1.807, 2.05) is 6.92 Å². The van der Waals surface area contributed by atoms with Crippen LogP contribution in [0.5, 0.6) is 0 Å². The Kier molecular flexibility index (Phi) is 4.62. The van der Waals surface area contributed by atoms with E-state index in [1.54, 1.807) is 24.4 Å². The number of hydrogen-bond donors (Lipinski definition) is 1. The SMILES string of the molecule is CCS(=O)CCNc1ccc([N+](=O)[O-])c2cccnc12. The molecule has 106 valence electrons. The van der Waals surface area contributed by atoms with Crippen LogP contribution in [0.3, 0.4) is 0 Å². The number of nitro benzene ring substituents is 1. The first-order valence-corrected chi connectivity index (χ1v) is 7.73. The van der Waals surface area contributed by atoms with Crippen LogP contribution in [0, 0.1) is 10.1 Å². The fourth-order valence-electron chi connectivity index (χ4n) is 1.90. The third-order valence-corrected chi connectivity index (χ3v) is 4.21. The summed E-state index contributed by atoms with van der Waals surface area (Å²) in [6, 6.07) is 6.45. The van der Waals surface area contributed by atoms with E-state index < -0.39 is 15.7 Å². The average Bonchev–Trinajstić information content (AvgIpc) is 2.46. The smallest absolute Gasteiger partial charge is 0.278 e. The maximum Gasteiger partial charge on any atom is 0.278 e. The molecular weight excluding hydrogens is 278 g/mol. The van der Waals surface area contributed by atoms with E-state index >= 15 is 0 Å². The number of fused-ring (bicyclic) bond motifs is 1. The molecule has 0 spiro atoms. The number of pyridine rings is 1. The molecule has 0 saturated carbocycles. The van der Waals surface area contributed by atoms with E-state index in [2.05, 4.69) is 10.3 Å². The van der Waals surface area contributed by atoms with E-state index in [9.17, 15) is 14.3 Å². The zero-order valence-electron chi connectivity index (χ0n) is 11.0. The Morgan fingerprint density at radius 2 is 2.20 bits per heavy atom. The number of aromatic nitrogens is 1. The van der Waals surface area contributed by atoms with Crippen molar-refractivity contribution in [2.45, 2.75) is 6.92 Å². The number of nitrogens with one attached hydrogen (secondary N) is 1. The fraction of sp³-hybridized carbons (Fsp3) is 0.308. The van der Waals surface area contributed by atoms with Gasteiger partial charge in [0.25, 0.3) is 5.69 Å². The molecule has 1 heterocycles. The molecule has 0 aliphatic rings. The maximum absolute atomic E-state index is 11.4. The van der Waals surface area contributed by atoms with E-state index in [0.29, 0.717) is 29.0 Å². The van der Waals surface area contributed by atoms with Crippen molar-refractivity contribution >= 4 is 33.1 Å². The Balaban J connectivity index is 2.29. The molecule has 1 N–H and O–H groups in total. The molecule has 0 fully saturated rings. The number of anilines is 1. The summed E-state index contributed by atoms with van der Waals surface area (Å²) in [5, 5.41) is 14.6. The van der Waals surface area contributed by atoms with Crippen LogP contribution in [0.4, 0.5) is 11.4 Å². The largest absolute Gasteiger partial charge is 0.382 e. The first kappa shape index (κ1) is 14.4. The van der Waals surface area contributed by atoms with Crippen LogP contribution < -0.4 is 5.32 Å². The summed E-state index contributed by atoms with van der Waals surface area (Å²) in [6.07, 6.45) is 1.60. The zero-order chi connectivity index (χ0) is 14.5. The van der Waals surface area contributed by atoms with Crippen LogP contribution in [0.2, 0.25) is 0 Å². The Bertz CT molecular complexity index is 660. The van der Waals surface area contributed by atoms with Crippen LogP contribution in [0.1, 0.15) is 6.92 Å². The van der Waals surface area contributed by atoms with Gasteiger partial charge in [-0.2, -0.15) is 0 Å². The van der Waals surface area contributed by atoms with Crippen LogP contribution in [0.25, 0.3) is 10.9 Å². The fourth-order valence-corrected chi connectivity index (χ4v) is 2.52. The summed E-state index contributed by atoms with van der Waals surface area (Å²) in [5.74, 6) is 1.17. The minimum Gasteiger partial charge on any atom is -0.382 e. The predicted molar refractivity (Wildman–Crippen MR) is 80.4 cm³/mol. The van der Waals surface area contributed by atoms with E-state index in [4.69, 9.17) is 0 Å². The van der Waals surface area contributed by atoms with Gasteiger partial charge < -0.3 is 5.32 Å². The summed E-state index contributed by atoms with van der Waals surface area (Å²) in [5.41, 5.74) is 1.32. The Labute approximate surface area is 118 Å². The summed E-state index contributed by atoms with van der Waals surface area (Å²) in [7, 11) is -0.837. The van der Waals surface area contributed by atoms with Crippen molar-refractivity contribution in [2.24, 2.45) is 0 Å². The standard InChI is InChI=1S/C13H15N3O3S/c1-2-20(19)9-8-14-11-5-6-12(16(17)18)10-4-3-7-15-13(10)11/h3-7,14H,2,8-9H2,1H3. The lowest BCUT2D eigenvalue weighted by molar-refractivity contribution is -0.383. The number of rotatable bonds is 6. The van der Waals surface area contributed by atoms with Crippen molar-refractivity contribution in [3.8, 4) is 0 Å². The molecule has 0 saturated heterocycles. The highest BCUT2D eigenvalue weighted by Crippen LogP contribution is 2.29. The minimum atomic E-state index is -0.837. The van der Waals surface area contributed by atoms with Crippen molar-refractivity contribution in [1.82, 2.24) is 4.98 Å². The van der Waals surface area contributed by atoms with Crippen LogP contribution in [-0.4, -0.2) is 32.2 Å². The Morgan fingerprint density at radius 3 is 2.90 bits per heavy atom. The highest BCUT2D eigenvalue weighted by molar-refractivity contribution is 7.84. The van der Waals surface area contributed by atoms with Gasteiger partial charge in [-0.3, -0.25) is 19.3 Å². The summed E-state index contributed by atoms with van der Waals surface area (Å²) < 4.78 is 11.4. The molecule has 0 bridgehead atoms. The number of nitrogens with zero attached hydrogens (tertiary/aromatic N) is 2. The van der Waals surface area contributed by atoms with Gasteiger partial charge in [0.15, 0.2) is 0 Å². The van der Waals surface area contributed by atoms with Crippen molar-refractivity contribution in [3.63, 3.8) is 0 Å². The van der Waals surface area contributed by atoms with Gasteiger partial charge in [-0.1, -0.05) is 6.92 Å². The highest BCUT2D eigenvalue weighted by Gasteiger charge is 2.14. The van der Waals surface area contributed by atoms with Gasteiger partial charge in [0.2, 0.25) is 0 Å². The number of benzene rings is 1. The Morgan fingerprint density at radius 1 is 1.40 bits per heavy atom. The second kappa shape index (κ2) is 6.42. The molecule has 0 aliphatic carbocycles. The van der Waals surface area contributed by atoms with E-state index in [-0.39, 0.29) is 5.69 Å². The molecule has 1 aromatic heterocycles. The van der Waals surface area contributed by atoms with Crippen molar-refractivity contribution in [2.75, 3.05) is 23.4 Å². The van der Waals surface area contributed by atoms with Gasteiger partial charge in [0, 0.05) is 41.1 Å². The molecular formula is C13H15N3O3S. The maximum atomic E-state index is 11.4. The molecule has 1 atom stereocenters. The first-order valence-electron chi connectivity index (χ1n) is 6.24. The molecule has 2 rings (SSSR count). The quantitative estimate of drug-likeness (QED) is 0.652. The second-order valence-corrected chi connectivity index (χ2v) is 6.01. The van der Waals surface area contributed by atoms with Gasteiger partial charge in [-0.15, -0.1) is 0 Å². The van der Waals surface area contributed by atoms with Crippen LogP contribution >= 0.6 is 0 Å². The van der Waals surface area contributed by atoms with Crippen LogP contribution in [0.15, 0.2) is 30.5 Å². The van der Waals surface area contributed by atoms with Crippen molar-refractivity contribution < 1.29 is 9.13 Å².